The Labute approximate surface area is 181 Å². The molecule has 144 valence electrons. The van der Waals surface area contributed by atoms with Crippen molar-refractivity contribution < 1.29 is 13.9 Å². The zero-order valence-electron chi connectivity index (χ0n) is 15.2. The molecule has 3 rings (SSSR count). The largest absolute Gasteiger partial charge is 0.489 e. The van der Waals surface area contributed by atoms with Gasteiger partial charge in [-0.2, -0.15) is 5.26 Å². The second kappa shape index (κ2) is 9.85. The van der Waals surface area contributed by atoms with Crippen molar-refractivity contribution in [1.82, 2.24) is 0 Å². The third-order valence-corrected chi connectivity index (χ3v) is 4.70. The molecule has 6 heteroatoms. The topological polar surface area (TPSA) is 62.1 Å². The fraction of sp³-hybridized carbons (Fsp3) is 0.0435. The molecule has 0 saturated carbocycles. The molecule has 0 aliphatic rings. The van der Waals surface area contributed by atoms with Gasteiger partial charge < -0.3 is 10.1 Å². The first-order valence-corrected chi connectivity index (χ1v) is 9.77. The number of carbonyl (C=O) groups excluding carboxylic acids is 1. The summed E-state index contributed by atoms with van der Waals surface area (Å²) in [5.74, 6) is -0.267. The van der Waals surface area contributed by atoms with E-state index in [1.165, 1.54) is 33.9 Å². The van der Waals surface area contributed by atoms with Gasteiger partial charge in [-0.1, -0.05) is 24.3 Å². The molecule has 3 aromatic rings. The maximum Gasteiger partial charge on any atom is 0.266 e. The highest BCUT2D eigenvalue weighted by atomic mass is 127. The van der Waals surface area contributed by atoms with Gasteiger partial charge in [0.15, 0.2) is 0 Å². The third kappa shape index (κ3) is 6.16. The predicted octanol–water partition coefficient (Wildman–Crippen LogP) is 5.55. The van der Waals surface area contributed by atoms with Crippen molar-refractivity contribution in [2.45, 2.75) is 6.61 Å². The number of nitrogens with one attached hydrogen (secondary N) is 1. The fourth-order valence-corrected chi connectivity index (χ4v) is 2.81. The summed E-state index contributed by atoms with van der Waals surface area (Å²) >= 11 is 2.25. The molecule has 0 aromatic heterocycles. The van der Waals surface area contributed by atoms with Crippen LogP contribution in [0, 0.1) is 20.7 Å². The van der Waals surface area contributed by atoms with Crippen LogP contribution >= 0.6 is 22.6 Å². The molecule has 0 aliphatic heterocycles. The quantitative estimate of drug-likeness (QED) is 0.275. The zero-order valence-corrected chi connectivity index (χ0v) is 17.4. The van der Waals surface area contributed by atoms with Crippen LogP contribution in [0.5, 0.6) is 5.75 Å². The number of nitrogens with zero attached hydrogens (tertiary/aromatic N) is 1. The highest BCUT2D eigenvalue weighted by Crippen LogP contribution is 2.17. The molecule has 4 nitrogen and oxygen atoms in total. The van der Waals surface area contributed by atoms with Crippen LogP contribution < -0.4 is 10.1 Å². The van der Waals surface area contributed by atoms with E-state index in [2.05, 4.69) is 27.9 Å². The normalized spacial score (nSPS) is 10.9. The molecule has 0 aliphatic carbocycles. The van der Waals surface area contributed by atoms with Gasteiger partial charge in [0.25, 0.3) is 5.91 Å². The van der Waals surface area contributed by atoms with E-state index < -0.39 is 11.7 Å². The van der Waals surface area contributed by atoms with Crippen molar-refractivity contribution in [3.63, 3.8) is 0 Å². The molecule has 0 bridgehead atoms. The molecule has 29 heavy (non-hydrogen) atoms. The van der Waals surface area contributed by atoms with Crippen LogP contribution in [0.1, 0.15) is 11.1 Å². The number of benzene rings is 3. The minimum Gasteiger partial charge on any atom is -0.489 e. The van der Waals surface area contributed by atoms with Crippen LogP contribution in [0.3, 0.4) is 0 Å². The molecule has 0 spiro atoms. The molecule has 0 heterocycles. The number of nitriles is 1. The lowest BCUT2D eigenvalue weighted by Crippen LogP contribution is -2.13. The monoisotopic (exact) mass is 498 g/mol. The summed E-state index contributed by atoms with van der Waals surface area (Å²) in [6.45, 7) is 0.454. The van der Waals surface area contributed by atoms with Gasteiger partial charge in [0.05, 0.1) is 0 Å². The van der Waals surface area contributed by atoms with Gasteiger partial charge in [-0.25, -0.2) is 4.39 Å². The van der Waals surface area contributed by atoms with Crippen LogP contribution in [0.15, 0.2) is 78.4 Å². The van der Waals surface area contributed by atoms with Crippen molar-refractivity contribution in [3.05, 3.63) is 98.9 Å². The highest BCUT2D eigenvalue weighted by Gasteiger charge is 2.09. The molecule has 1 amide bonds. The number of hydrogen-bond acceptors (Lipinski definition) is 3. The molecule has 0 saturated heterocycles. The smallest absolute Gasteiger partial charge is 0.266 e. The highest BCUT2D eigenvalue weighted by molar-refractivity contribution is 14.1. The van der Waals surface area contributed by atoms with Crippen molar-refractivity contribution in [2.24, 2.45) is 0 Å². The maximum atomic E-state index is 12.9. The average molecular weight is 498 g/mol. The number of carbonyl (C=O) groups is 1. The first-order valence-electron chi connectivity index (χ1n) is 8.69. The van der Waals surface area contributed by atoms with Gasteiger partial charge >= 0.3 is 0 Å². The summed E-state index contributed by atoms with van der Waals surface area (Å²) < 4.78 is 19.9. The second-order valence-electron chi connectivity index (χ2n) is 6.12. The Balaban J connectivity index is 1.63. The maximum absolute atomic E-state index is 12.9. The Morgan fingerprint density at radius 2 is 1.69 bits per heavy atom. The van der Waals surface area contributed by atoms with E-state index in [0.717, 1.165) is 5.56 Å². The summed E-state index contributed by atoms with van der Waals surface area (Å²) in [7, 11) is 0. The molecule has 0 fully saturated rings. The molecule has 3 aromatic carbocycles. The lowest BCUT2D eigenvalue weighted by atomic mass is 10.1. The standard InChI is InChI=1S/C23H16FIN2O2/c24-19-5-9-21(10-6-19)27-23(28)18(14-26)13-16-3-11-22(12-4-16)29-15-17-1-7-20(25)8-2-17/h1-13H,15H2,(H,27,28)/b18-13-. The minimum atomic E-state index is -0.557. The number of hydrogen-bond donors (Lipinski definition) is 1. The Morgan fingerprint density at radius 3 is 2.31 bits per heavy atom. The molecular weight excluding hydrogens is 482 g/mol. The Bertz CT molecular complexity index is 1050. The summed E-state index contributed by atoms with van der Waals surface area (Å²) in [5.41, 5.74) is 2.12. The summed E-state index contributed by atoms with van der Waals surface area (Å²) in [5, 5.41) is 11.9. The summed E-state index contributed by atoms with van der Waals surface area (Å²) in [6.07, 6.45) is 1.49. The number of rotatable bonds is 6. The van der Waals surface area contributed by atoms with Crippen LogP contribution in [0.2, 0.25) is 0 Å². The number of ether oxygens (including phenoxy) is 1. The average Bonchev–Trinajstić information content (AvgIpc) is 2.74. The second-order valence-corrected chi connectivity index (χ2v) is 7.36. The van der Waals surface area contributed by atoms with Gasteiger partial charge in [0, 0.05) is 9.26 Å². The first-order chi connectivity index (χ1) is 14.0. The van der Waals surface area contributed by atoms with Crippen molar-refractivity contribution in [1.29, 1.82) is 5.26 Å². The van der Waals surface area contributed by atoms with Crippen LogP contribution in [0.25, 0.3) is 6.08 Å². The van der Waals surface area contributed by atoms with Crippen molar-refractivity contribution >= 4 is 40.3 Å². The number of anilines is 1. The Hall–Kier alpha value is -3.18. The van der Waals surface area contributed by atoms with Gasteiger partial charge in [-0.3, -0.25) is 4.79 Å². The lowest BCUT2D eigenvalue weighted by Gasteiger charge is -2.07. The SMILES string of the molecule is N#C/C(=C/c1ccc(OCc2ccc(I)cc2)cc1)C(=O)Nc1ccc(F)cc1. The summed E-state index contributed by atoms with van der Waals surface area (Å²) in [4.78, 5) is 12.3. The minimum absolute atomic E-state index is 0.0538. The van der Waals surface area contributed by atoms with E-state index in [0.29, 0.717) is 23.6 Å². The van der Waals surface area contributed by atoms with E-state index in [-0.39, 0.29) is 5.57 Å². The van der Waals surface area contributed by atoms with E-state index in [1.54, 1.807) is 24.3 Å². The number of amides is 1. The molecule has 0 unspecified atom stereocenters. The predicted molar refractivity (Wildman–Crippen MR) is 119 cm³/mol. The van der Waals surface area contributed by atoms with Crippen LogP contribution in [-0.2, 0) is 11.4 Å². The van der Waals surface area contributed by atoms with Crippen molar-refractivity contribution in [3.8, 4) is 11.8 Å². The van der Waals surface area contributed by atoms with Crippen LogP contribution in [-0.4, -0.2) is 5.91 Å². The van der Waals surface area contributed by atoms with Gasteiger partial charge in [-0.15, -0.1) is 0 Å². The van der Waals surface area contributed by atoms with E-state index in [1.807, 2.05) is 30.3 Å². The first kappa shape index (κ1) is 20.6. The summed E-state index contributed by atoms with van der Waals surface area (Å²) in [6, 6.07) is 22.4. The van der Waals surface area contributed by atoms with E-state index >= 15 is 0 Å². The number of halogens is 2. The van der Waals surface area contributed by atoms with E-state index in [9.17, 15) is 14.4 Å². The lowest BCUT2D eigenvalue weighted by molar-refractivity contribution is -0.112. The van der Waals surface area contributed by atoms with Gasteiger partial charge in [-0.05, 0) is 88.3 Å². The van der Waals surface area contributed by atoms with Gasteiger partial charge in [0.1, 0.15) is 29.8 Å². The fourth-order valence-electron chi connectivity index (χ4n) is 2.45. The third-order valence-electron chi connectivity index (χ3n) is 3.98. The van der Waals surface area contributed by atoms with E-state index in [4.69, 9.17) is 4.74 Å². The van der Waals surface area contributed by atoms with Gasteiger partial charge in [0.2, 0.25) is 0 Å². The molecular formula is C23H16FIN2O2. The molecule has 0 radical (unpaired) electrons. The zero-order chi connectivity index (χ0) is 20.6. The molecule has 0 atom stereocenters. The Morgan fingerprint density at radius 1 is 1.03 bits per heavy atom. The van der Waals surface area contributed by atoms with Crippen molar-refractivity contribution in [2.75, 3.05) is 5.32 Å². The Kier molecular flexibility index (Phi) is 6.98. The van der Waals surface area contributed by atoms with Crippen LogP contribution in [0.4, 0.5) is 10.1 Å². The molecule has 1 N–H and O–H groups in total.